The lowest BCUT2D eigenvalue weighted by Crippen LogP contribution is -2.56. The molecule has 0 aromatic carbocycles. The number of carbonyl (C=O) groups excluding carboxylic acids is 3. The van der Waals surface area contributed by atoms with Crippen molar-refractivity contribution in [2.24, 2.45) is 23.7 Å². The Morgan fingerprint density at radius 1 is 1.17 bits per heavy atom. The van der Waals surface area contributed by atoms with Crippen LogP contribution in [0, 0.1) is 23.7 Å². The number of epoxide rings is 1. The highest BCUT2D eigenvalue weighted by atomic mass is 16.7. The number of cyclic esters (lactones) is 1. The van der Waals surface area contributed by atoms with Crippen molar-refractivity contribution in [3.05, 3.63) is 12.2 Å². The van der Waals surface area contributed by atoms with Crippen LogP contribution in [0.15, 0.2) is 12.2 Å². The summed E-state index contributed by atoms with van der Waals surface area (Å²) in [6.45, 7) is 8.76. The fraction of sp³-hybridized carbons (Fsp3) is 0.839. The maximum absolute atomic E-state index is 13.2. The van der Waals surface area contributed by atoms with Crippen LogP contribution in [0.2, 0.25) is 0 Å². The summed E-state index contributed by atoms with van der Waals surface area (Å²) in [6.07, 6.45) is -0.511. The zero-order chi connectivity index (χ0) is 31.4. The van der Waals surface area contributed by atoms with Crippen LogP contribution >= 0.6 is 0 Å². The van der Waals surface area contributed by atoms with Crippen LogP contribution in [0.1, 0.15) is 66.7 Å². The minimum absolute atomic E-state index is 0.0436. The van der Waals surface area contributed by atoms with Gasteiger partial charge in [0.05, 0.1) is 37.4 Å². The molecule has 0 aliphatic carbocycles. The van der Waals surface area contributed by atoms with Gasteiger partial charge in [-0.1, -0.05) is 20.8 Å². The first-order chi connectivity index (χ1) is 19.8. The van der Waals surface area contributed by atoms with Crippen LogP contribution in [-0.4, -0.2) is 114 Å². The third-order valence-corrected chi connectivity index (χ3v) is 9.30. The van der Waals surface area contributed by atoms with Crippen molar-refractivity contribution in [3.63, 3.8) is 0 Å². The van der Waals surface area contributed by atoms with Crippen LogP contribution in [0.25, 0.3) is 0 Å². The molecule has 3 rings (SSSR count). The summed E-state index contributed by atoms with van der Waals surface area (Å²) in [6, 6.07) is -0.240. The summed E-state index contributed by atoms with van der Waals surface area (Å²) in [5.74, 6) is -3.00. The number of fused-ring (bicyclic) bond motifs is 1. The molecular weight excluding hydrogens is 546 g/mol. The van der Waals surface area contributed by atoms with Gasteiger partial charge in [0, 0.05) is 30.2 Å². The first-order valence-corrected chi connectivity index (χ1v) is 15.2. The summed E-state index contributed by atoms with van der Waals surface area (Å²) < 4.78 is 24.1. The second-order valence-electron chi connectivity index (χ2n) is 12.8. The zero-order valence-corrected chi connectivity index (χ0v) is 26.0. The lowest BCUT2D eigenvalue weighted by Gasteiger charge is -2.44. The van der Waals surface area contributed by atoms with Gasteiger partial charge in [-0.25, -0.2) is 0 Å². The molecule has 3 heterocycles. The van der Waals surface area contributed by atoms with E-state index < -0.39 is 72.1 Å². The molecule has 0 saturated carbocycles. The van der Waals surface area contributed by atoms with E-state index in [9.17, 15) is 29.7 Å². The molecular formula is C31H51NO10. The predicted molar refractivity (Wildman–Crippen MR) is 153 cm³/mol. The predicted octanol–water partition coefficient (Wildman–Crippen LogP) is 1.64. The lowest BCUT2D eigenvalue weighted by molar-refractivity contribution is -0.283. The van der Waals surface area contributed by atoms with Crippen LogP contribution in [0.5, 0.6) is 0 Å². The molecule has 3 N–H and O–H groups in total. The number of allylic oxidation sites excluding steroid dienone is 1. The first-order valence-electron chi connectivity index (χ1n) is 15.2. The highest BCUT2D eigenvalue weighted by Gasteiger charge is 2.56. The number of esters is 1. The van der Waals surface area contributed by atoms with Gasteiger partial charge in [-0.3, -0.25) is 9.59 Å². The Morgan fingerprint density at radius 3 is 2.45 bits per heavy atom. The van der Waals surface area contributed by atoms with Gasteiger partial charge in [0.15, 0.2) is 12.1 Å². The second kappa shape index (κ2) is 14.8. The van der Waals surface area contributed by atoms with E-state index in [1.54, 1.807) is 19.9 Å². The number of hydrogen-bond acceptors (Lipinski definition) is 11. The number of carbonyl (C=O) groups is 3. The SMILES string of the molecule is CCC1OC(=O)CC(O)C(C)C(OC2OC(C)CC(N(C)C)C2O)C(CC=O)CC(C)C(=O)C=CC2(C)OC2C1CO. The fourth-order valence-corrected chi connectivity index (χ4v) is 6.50. The Hall–Kier alpha value is -1.73. The number of hydrogen-bond donors (Lipinski definition) is 3. The number of nitrogens with zero attached hydrogens (tertiary/aromatic N) is 1. The Morgan fingerprint density at radius 2 is 1.86 bits per heavy atom. The minimum Gasteiger partial charge on any atom is -0.462 e. The molecule has 0 bridgehead atoms. The van der Waals surface area contributed by atoms with Gasteiger partial charge in [0.25, 0.3) is 0 Å². The molecule has 0 radical (unpaired) electrons. The van der Waals surface area contributed by atoms with Crippen molar-refractivity contribution in [2.75, 3.05) is 20.7 Å². The molecule has 0 aromatic heterocycles. The van der Waals surface area contributed by atoms with Crippen molar-refractivity contribution in [2.45, 2.75) is 121 Å². The number of aliphatic hydroxyl groups is 3. The summed E-state index contributed by atoms with van der Waals surface area (Å²) in [5, 5.41) is 32.6. The van der Waals surface area contributed by atoms with Crippen LogP contribution in [0.3, 0.4) is 0 Å². The molecule has 0 amide bonds. The quantitative estimate of drug-likeness (QED) is 0.223. The molecule has 42 heavy (non-hydrogen) atoms. The molecule has 11 nitrogen and oxygen atoms in total. The summed E-state index contributed by atoms with van der Waals surface area (Å²) in [7, 11) is 3.73. The summed E-state index contributed by atoms with van der Waals surface area (Å²) in [4.78, 5) is 40.0. The number of rotatable bonds is 7. The van der Waals surface area contributed by atoms with Gasteiger partial charge < -0.3 is 44.0 Å². The van der Waals surface area contributed by atoms with Gasteiger partial charge >= 0.3 is 5.97 Å². The van der Waals surface area contributed by atoms with Crippen molar-refractivity contribution in [1.29, 1.82) is 0 Å². The van der Waals surface area contributed by atoms with Crippen molar-refractivity contribution >= 4 is 18.0 Å². The Labute approximate surface area is 249 Å². The number of aldehydes is 1. The third kappa shape index (κ3) is 8.25. The topological polar surface area (TPSA) is 155 Å². The van der Waals surface area contributed by atoms with E-state index in [1.165, 1.54) is 6.08 Å². The maximum Gasteiger partial charge on any atom is 0.308 e. The summed E-state index contributed by atoms with van der Waals surface area (Å²) in [5.41, 5.74) is -0.796. The Balaban J connectivity index is 1.97. The minimum atomic E-state index is -1.22. The molecule has 13 unspecified atom stereocenters. The van der Waals surface area contributed by atoms with Crippen molar-refractivity contribution in [1.82, 2.24) is 4.90 Å². The van der Waals surface area contributed by atoms with Crippen LogP contribution in [0.4, 0.5) is 0 Å². The van der Waals surface area contributed by atoms with E-state index in [-0.39, 0.29) is 43.8 Å². The van der Waals surface area contributed by atoms with E-state index >= 15 is 0 Å². The highest BCUT2D eigenvalue weighted by Crippen LogP contribution is 2.45. The van der Waals surface area contributed by atoms with E-state index in [0.29, 0.717) is 12.8 Å². The van der Waals surface area contributed by atoms with Gasteiger partial charge in [-0.15, -0.1) is 0 Å². The Bertz CT molecular complexity index is 958. The van der Waals surface area contributed by atoms with Crippen LogP contribution in [-0.2, 0) is 33.3 Å². The lowest BCUT2D eigenvalue weighted by atomic mass is 9.79. The van der Waals surface area contributed by atoms with E-state index in [4.69, 9.17) is 18.9 Å². The second-order valence-corrected chi connectivity index (χ2v) is 12.8. The van der Waals surface area contributed by atoms with E-state index in [2.05, 4.69) is 0 Å². The zero-order valence-electron chi connectivity index (χ0n) is 26.0. The van der Waals surface area contributed by atoms with Crippen molar-refractivity contribution in [3.8, 4) is 0 Å². The molecule has 0 aromatic rings. The van der Waals surface area contributed by atoms with E-state index in [1.807, 2.05) is 39.8 Å². The number of ketones is 1. The first kappa shape index (κ1) is 34.8. The normalized spacial score (nSPS) is 44.0. The molecule has 13 atom stereocenters. The average molecular weight is 598 g/mol. The fourth-order valence-electron chi connectivity index (χ4n) is 6.50. The van der Waals surface area contributed by atoms with Gasteiger partial charge in [-0.2, -0.15) is 0 Å². The highest BCUT2D eigenvalue weighted by molar-refractivity contribution is 5.91. The number of ether oxygens (including phenoxy) is 4. The number of aliphatic hydroxyl groups excluding tert-OH is 3. The monoisotopic (exact) mass is 597 g/mol. The average Bonchev–Trinajstić information content (AvgIpc) is 3.60. The van der Waals surface area contributed by atoms with Gasteiger partial charge in [0.1, 0.15) is 24.1 Å². The van der Waals surface area contributed by atoms with E-state index in [0.717, 1.165) is 6.29 Å². The third-order valence-electron chi connectivity index (χ3n) is 9.30. The molecule has 3 aliphatic rings. The molecule has 3 aliphatic heterocycles. The van der Waals surface area contributed by atoms with Gasteiger partial charge in [0.2, 0.25) is 0 Å². The maximum atomic E-state index is 13.2. The number of likely N-dealkylation sites (N-methyl/N-ethyl adjacent to an activating group) is 1. The van der Waals surface area contributed by atoms with Crippen LogP contribution < -0.4 is 0 Å². The summed E-state index contributed by atoms with van der Waals surface area (Å²) >= 11 is 0. The van der Waals surface area contributed by atoms with Gasteiger partial charge in [-0.05, 0) is 65.3 Å². The van der Waals surface area contributed by atoms with Crippen molar-refractivity contribution < 1.29 is 48.7 Å². The molecule has 240 valence electrons. The molecule has 11 heteroatoms. The standard InChI is InChI=1S/C31H51NO10/c1-8-25-21(16-34)29-31(5,42-29)11-9-23(35)17(2)13-20(10-12-33)28(19(4)24(36)15-26(37)40-25)41-30-27(38)22(32(6)7)14-18(3)39-30/h9,11-12,17-22,24-25,27-30,34,36,38H,8,10,13-16H2,1-7H3. The largest absolute Gasteiger partial charge is 0.462 e. The Kier molecular flexibility index (Phi) is 12.3. The molecule has 2 fully saturated rings. The molecule has 0 spiro atoms. The smallest absolute Gasteiger partial charge is 0.308 e. The molecule has 2 saturated heterocycles.